The van der Waals surface area contributed by atoms with Crippen molar-refractivity contribution in [1.82, 2.24) is 15.4 Å². The van der Waals surface area contributed by atoms with Crippen molar-refractivity contribution in [2.24, 2.45) is 0 Å². The van der Waals surface area contributed by atoms with Crippen molar-refractivity contribution in [3.05, 3.63) is 47.3 Å². The monoisotopic (exact) mass is 340 g/mol. The highest BCUT2D eigenvalue weighted by molar-refractivity contribution is 5.75. The van der Waals surface area contributed by atoms with E-state index in [2.05, 4.69) is 16.5 Å². The SMILES string of the molecule is CC(C)c1cc(CNC(=O)N2CC(Oc3ccc(C#N)cc3)C2)on1. The van der Waals surface area contributed by atoms with Crippen molar-refractivity contribution in [3.63, 3.8) is 0 Å². The summed E-state index contributed by atoms with van der Waals surface area (Å²) >= 11 is 0. The molecule has 0 unspecified atom stereocenters. The van der Waals surface area contributed by atoms with Crippen LogP contribution >= 0.6 is 0 Å². The largest absolute Gasteiger partial charge is 0.487 e. The second-order valence-corrected chi connectivity index (χ2v) is 6.31. The second kappa shape index (κ2) is 7.26. The van der Waals surface area contributed by atoms with Gasteiger partial charge in [-0.1, -0.05) is 19.0 Å². The number of benzene rings is 1. The number of hydrogen-bond donors (Lipinski definition) is 1. The summed E-state index contributed by atoms with van der Waals surface area (Å²) in [6, 6.07) is 10.7. The molecule has 0 aliphatic carbocycles. The van der Waals surface area contributed by atoms with E-state index in [1.807, 2.05) is 19.9 Å². The Bertz CT molecular complexity index is 770. The van der Waals surface area contributed by atoms with Crippen LogP contribution in [0.15, 0.2) is 34.9 Å². The van der Waals surface area contributed by atoms with Gasteiger partial charge in [-0.3, -0.25) is 0 Å². The Kier molecular flexibility index (Phi) is 4.89. The van der Waals surface area contributed by atoms with Gasteiger partial charge in [-0.25, -0.2) is 4.79 Å². The molecule has 0 atom stereocenters. The number of amides is 2. The molecular formula is C18H20N4O3. The molecule has 7 heteroatoms. The van der Waals surface area contributed by atoms with Gasteiger partial charge in [0.1, 0.15) is 11.9 Å². The maximum atomic E-state index is 12.1. The Morgan fingerprint density at radius 3 is 2.76 bits per heavy atom. The molecule has 1 fully saturated rings. The van der Waals surface area contributed by atoms with E-state index in [0.717, 1.165) is 5.69 Å². The highest BCUT2D eigenvalue weighted by atomic mass is 16.5. The quantitative estimate of drug-likeness (QED) is 0.903. The Morgan fingerprint density at radius 2 is 2.16 bits per heavy atom. The Balaban J connectivity index is 1.41. The zero-order valence-corrected chi connectivity index (χ0v) is 14.2. The van der Waals surface area contributed by atoms with Crippen molar-refractivity contribution >= 4 is 6.03 Å². The Labute approximate surface area is 146 Å². The Morgan fingerprint density at radius 1 is 1.44 bits per heavy atom. The third-order valence-corrected chi connectivity index (χ3v) is 4.00. The molecule has 2 heterocycles. The van der Waals surface area contributed by atoms with Gasteiger partial charge in [-0.05, 0) is 30.2 Å². The van der Waals surface area contributed by atoms with Crippen LogP contribution in [0, 0.1) is 11.3 Å². The van der Waals surface area contributed by atoms with Gasteiger partial charge in [0.25, 0.3) is 0 Å². The summed E-state index contributed by atoms with van der Waals surface area (Å²) in [5, 5.41) is 15.6. The summed E-state index contributed by atoms with van der Waals surface area (Å²) in [5.74, 6) is 1.64. The zero-order chi connectivity index (χ0) is 17.8. The lowest BCUT2D eigenvalue weighted by molar-refractivity contribution is 0.0441. The molecule has 2 aromatic rings. The van der Waals surface area contributed by atoms with Crippen LogP contribution in [0.2, 0.25) is 0 Å². The molecule has 7 nitrogen and oxygen atoms in total. The van der Waals surface area contributed by atoms with E-state index in [-0.39, 0.29) is 12.1 Å². The average Bonchev–Trinajstić information content (AvgIpc) is 3.05. The second-order valence-electron chi connectivity index (χ2n) is 6.31. The number of hydrogen-bond acceptors (Lipinski definition) is 5. The number of ether oxygens (including phenoxy) is 1. The minimum atomic E-state index is -0.151. The van der Waals surface area contributed by atoms with Gasteiger partial charge in [0, 0.05) is 6.07 Å². The number of carbonyl (C=O) groups excluding carboxylic acids is 1. The van der Waals surface area contributed by atoms with Gasteiger partial charge >= 0.3 is 6.03 Å². The van der Waals surface area contributed by atoms with Crippen LogP contribution in [0.3, 0.4) is 0 Å². The van der Waals surface area contributed by atoms with Gasteiger partial charge in [0.2, 0.25) is 0 Å². The first-order valence-electron chi connectivity index (χ1n) is 8.20. The van der Waals surface area contributed by atoms with Crippen LogP contribution in [0.1, 0.15) is 36.8 Å². The first-order chi connectivity index (χ1) is 12.0. The molecule has 130 valence electrons. The number of urea groups is 1. The van der Waals surface area contributed by atoms with Crippen molar-refractivity contribution in [2.45, 2.75) is 32.4 Å². The van der Waals surface area contributed by atoms with Crippen molar-refractivity contribution < 1.29 is 14.1 Å². The summed E-state index contributed by atoms with van der Waals surface area (Å²) in [4.78, 5) is 13.8. The number of rotatable bonds is 5. The minimum Gasteiger partial charge on any atom is -0.487 e. The van der Waals surface area contributed by atoms with Gasteiger partial charge in [0.05, 0.1) is 37.0 Å². The fraction of sp³-hybridized carbons (Fsp3) is 0.389. The summed E-state index contributed by atoms with van der Waals surface area (Å²) < 4.78 is 11.0. The van der Waals surface area contributed by atoms with E-state index < -0.39 is 0 Å². The first kappa shape index (κ1) is 16.8. The number of aromatic nitrogens is 1. The van der Waals surface area contributed by atoms with Crippen LogP contribution in [-0.2, 0) is 6.54 Å². The van der Waals surface area contributed by atoms with Crippen molar-refractivity contribution in [1.29, 1.82) is 5.26 Å². The maximum Gasteiger partial charge on any atom is 0.318 e. The van der Waals surface area contributed by atoms with E-state index in [4.69, 9.17) is 14.5 Å². The fourth-order valence-electron chi connectivity index (χ4n) is 2.44. The van der Waals surface area contributed by atoms with E-state index in [0.29, 0.717) is 42.6 Å². The van der Waals surface area contributed by atoms with E-state index >= 15 is 0 Å². The number of likely N-dealkylation sites (tertiary alicyclic amines) is 1. The normalized spacial score (nSPS) is 14.1. The molecular weight excluding hydrogens is 320 g/mol. The summed E-state index contributed by atoms with van der Waals surface area (Å²) in [5.41, 5.74) is 1.47. The smallest absolute Gasteiger partial charge is 0.318 e. The molecule has 0 bridgehead atoms. The van der Waals surface area contributed by atoms with E-state index in [1.165, 1.54) is 0 Å². The molecule has 0 spiro atoms. The van der Waals surface area contributed by atoms with Gasteiger partial charge in [-0.2, -0.15) is 5.26 Å². The summed E-state index contributed by atoms with van der Waals surface area (Å²) in [6.07, 6.45) is -0.0310. The maximum absolute atomic E-state index is 12.1. The Hall–Kier alpha value is -3.01. The predicted molar refractivity (Wildman–Crippen MR) is 90.0 cm³/mol. The van der Waals surface area contributed by atoms with Gasteiger partial charge < -0.3 is 19.5 Å². The third-order valence-electron chi connectivity index (χ3n) is 4.00. The highest BCUT2D eigenvalue weighted by Gasteiger charge is 2.32. The molecule has 1 aromatic heterocycles. The predicted octanol–water partition coefficient (Wildman–Crippen LogP) is 2.64. The van der Waals surface area contributed by atoms with Gasteiger partial charge in [-0.15, -0.1) is 0 Å². The molecule has 2 amide bonds. The molecule has 1 N–H and O–H groups in total. The number of carbonyl (C=O) groups is 1. The van der Waals surface area contributed by atoms with Gasteiger partial charge in [0.15, 0.2) is 5.76 Å². The first-order valence-corrected chi connectivity index (χ1v) is 8.20. The average molecular weight is 340 g/mol. The van der Waals surface area contributed by atoms with Crippen LogP contribution in [-0.4, -0.2) is 35.3 Å². The van der Waals surface area contributed by atoms with Crippen molar-refractivity contribution in [2.75, 3.05) is 13.1 Å². The number of nitrogens with zero attached hydrogens (tertiary/aromatic N) is 3. The summed E-state index contributed by atoms with van der Waals surface area (Å²) in [7, 11) is 0. The standard InChI is InChI=1S/C18H20N4O3/c1-12(2)17-7-15(25-21-17)9-20-18(23)22-10-16(11-22)24-14-5-3-13(8-19)4-6-14/h3-7,12,16H,9-11H2,1-2H3,(H,20,23). The fourth-order valence-corrected chi connectivity index (χ4v) is 2.44. The number of nitrogens with one attached hydrogen (secondary N) is 1. The van der Waals surface area contributed by atoms with Crippen molar-refractivity contribution in [3.8, 4) is 11.8 Å². The number of nitriles is 1. The lowest BCUT2D eigenvalue weighted by Gasteiger charge is -2.38. The molecule has 0 radical (unpaired) electrons. The molecule has 0 saturated carbocycles. The van der Waals surface area contributed by atoms with Crippen LogP contribution in [0.25, 0.3) is 0 Å². The van der Waals surface area contributed by atoms with E-state index in [9.17, 15) is 4.79 Å². The molecule has 1 saturated heterocycles. The van der Waals surface area contributed by atoms with Crippen LogP contribution in [0.4, 0.5) is 4.79 Å². The topological polar surface area (TPSA) is 91.4 Å². The molecule has 1 aliphatic rings. The van der Waals surface area contributed by atoms with Crippen LogP contribution in [0.5, 0.6) is 5.75 Å². The summed E-state index contributed by atoms with van der Waals surface area (Å²) in [6.45, 7) is 5.44. The molecule has 3 rings (SSSR count). The minimum absolute atomic E-state index is 0.0310. The molecule has 1 aliphatic heterocycles. The third kappa shape index (κ3) is 4.10. The highest BCUT2D eigenvalue weighted by Crippen LogP contribution is 2.19. The molecule has 25 heavy (non-hydrogen) atoms. The zero-order valence-electron chi connectivity index (χ0n) is 14.2. The van der Waals surface area contributed by atoms with E-state index in [1.54, 1.807) is 29.2 Å². The molecule has 1 aromatic carbocycles. The lowest BCUT2D eigenvalue weighted by Crippen LogP contribution is -2.58. The van der Waals surface area contributed by atoms with Crippen LogP contribution < -0.4 is 10.1 Å². The lowest BCUT2D eigenvalue weighted by atomic mass is 10.1.